The fourth-order valence-electron chi connectivity index (χ4n) is 4.52. The van der Waals surface area contributed by atoms with E-state index in [4.69, 9.17) is 4.74 Å². The number of hydrogen-bond acceptors (Lipinski definition) is 7. The quantitative estimate of drug-likeness (QED) is 0.289. The van der Waals surface area contributed by atoms with Gasteiger partial charge in [-0.05, 0) is 53.9 Å². The number of ether oxygens (including phenoxy) is 1. The Balaban J connectivity index is 1.31. The van der Waals surface area contributed by atoms with Crippen LogP contribution in [0.15, 0.2) is 89.8 Å². The summed E-state index contributed by atoms with van der Waals surface area (Å²) in [5.41, 5.74) is 3.18. The summed E-state index contributed by atoms with van der Waals surface area (Å²) in [6, 6.07) is 24.4. The molecule has 4 aromatic rings. The number of rotatable bonds is 8. The highest BCUT2D eigenvalue weighted by molar-refractivity contribution is 7.92. The van der Waals surface area contributed by atoms with Crippen LogP contribution < -0.4 is 10.0 Å². The molecule has 3 aromatic carbocycles. The molecule has 5 rings (SSSR count). The lowest BCUT2D eigenvalue weighted by Crippen LogP contribution is -2.29. The van der Waals surface area contributed by atoms with E-state index in [2.05, 4.69) is 27.1 Å². The molecule has 1 aliphatic heterocycles. The Kier molecular flexibility index (Phi) is 7.78. The summed E-state index contributed by atoms with van der Waals surface area (Å²) in [7, 11) is -2.41. The molecular weight excluding hydrogens is 534 g/mol. The average molecular weight is 562 g/mol. The monoisotopic (exact) mass is 561 g/mol. The van der Waals surface area contributed by atoms with E-state index in [9.17, 15) is 18.0 Å². The molecular formula is C29H27N3O5S2. The third-order valence-corrected chi connectivity index (χ3v) is 8.98. The summed E-state index contributed by atoms with van der Waals surface area (Å²) in [5.74, 6) is -0.887. The molecule has 2 N–H and O–H groups in total. The van der Waals surface area contributed by atoms with Gasteiger partial charge in [0.15, 0.2) is 0 Å². The first-order chi connectivity index (χ1) is 18.8. The van der Waals surface area contributed by atoms with Crippen LogP contribution >= 0.6 is 11.3 Å². The molecule has 0 fully saturated rings. The molecule has 0 radical (unpaired) electrons. The van der Waals surface area contributed by atoms with Crippen molar-refractivity contribution in [3.05, 3.63) is 112 Å². The Bertz CT molecular complexity index is 1590. The van der Waals surface area contributed by atoms with Crippen LogP contribution in [-0.4, -0.2) is 38.8 Å². The summed E-state index contributed by atoms with van der Waals surface area (Å²) < 4.78 is 32.7. The highest BCUT2D eigenvalue weighted by atomic mass is 32.2. The van der Waals surface area contributed by atoms with Crippen molar-refractivity contribution < 1.29 is 22.7 Å². The second-order valence-electron chi connectivity index (χ2n) is 9.10. The van der Waals surface area contributed by atoms with Gasteiger partial charge in [0, 0.05) is 35.8 Å². The zero-order valence-electron chi connectivity index (χ0n) is 21.2. The van der Waals surface area contributed by atoms with Crippen molar-refractivity contribution in [2.24, 2.45) is 0 Å². The minimum atomic E-state index is -3.74. The van der Waals surface area contributed by atoms with E-state index < -0.39 is 21.9 Å². The van der Waals surface area contributed by atoms with Crippen LogP contribution in [0, 0.1) is 0 Å². The molecule has 10 heteroatoms. The number of anilines is 2. The van der Waals surface area contributed by atoms with Crippen LogP contribution in [0.1, 0.15) is 36.7 Å². The lowest BCUT2D eigenvalue weighted by molar-refractivity contribution is 0.0600. The maximum atomic E-state index is 13.1. The molecule has 0 aliphatic carbocycles. The largest absolute Gasteiger partial charge is 0.465 e. The van der Waals surface area contributed by atoms with Crippen molar-refractivity contribution in [3.8, 4) is 0 Å². The lowest BCUT2D eigenvalue weighted by atomic mass is 10.0. The predicted molar refractivity (Wildman–Crippen MR) is 152 cm³/mol. The van der Waals surface area contributed by atoms with Crippen LogP contribution in [0.25, 0.3) is 0 Å². The molecule has 1 aromatic heterocycles. The summed E-state index contributed by atoms with van der Waals surface area (Å²) in [4.78, 5) is 29.3. The number of nitrogens with zero attached hydrogens (tertiary/aromatic N) is 1. The zero-order chi connectivity index (χ0) is 27.4. The van der Waals surface area contributed by atoms with Crippen LogP contribution in [-0.2, 0) is 34.3 Å². The number of carbonyl (C=O) groups is 2. The molecule has 39 heavy (non-hydrogen) atoms. The van der Waals surface area contributed by atoms with E-state index in [0.29, 0.717) is 34.8 Å². The molecule has 0 saturated carbocycles. The summed E-state index contributed by atoms with van der Waals surface area (Å²) in [5, 5.41) is 3.33. The van der Waals surface area contributed by atoms with E-state index >= 15 is 0 Å². The van der Waals surface area contributed by atoms with Gasteiger partial charge in [-0.1, -0.05) is 48.5 Å². The topological polar surface area (TPSA) is 105 Å². The van der Waals surface area contributed by atoms with Gasteiger partial charge < -0.3 is 10.1 Å². The summed E-state index contributed by atoms with van der Waals surface area (Å²) in [6.45, 7) is 2.26. The first-order valence-corrected chi connectivity index (χ1v) is 14.6. The minimum absolute atomic E-state index is 0.145. The van der Waals surface area contributed by atoms with Crippen LogP contribution in [0.5, 0.6) is 0 Å². The number of benzene rings is 3. The molecule has 200 valence electrons. The fourth-order valence-corrected chi connectivity index (χ4v) is 6.87. The van der Waals surface area contributed by atoms with Gasteiger partial charge in [-0.3, -0.25) is 14.4 Å². The van der Waals surface area contributed by atoms with Crippen LogP contribution in [0.3, 0.4) is 0 Å². The standard InChI is InChI=1S/C29H27N3O5S2/c1-37-29(34)26-24-16-17-32(18-20-8-4-2-5-9-20)19-25(24)38-28(26)30-27(33)21-12-14-22(15-13-21)31-39(35,36)23-10-6-3-7-11-23/h2-15,31H,16-19H2,1H3,(H,30,33). The van der Waals surface area contributed by atoms with Crippen molar-refractivity contribution in [1.29, 1.82) is 0 Å². The molecule has 0 spiro atoms. The van der Waals surface area contributed by atoms with E-state index in [0.717, 1.165) is 23.5 Å². The second kappa shape index (κ2) is 11.4. The fraction of sp³-hybridized carbons (Fsp3) is 0.172. The maximum absolute atomic E-state index is 13.1. The summed E-state index contributed by atoms with van der Waals surface area (Å²) >= 11 is 1.39. The number of carbonyl (C=O) groups excluding carboxylic acids is 2. The van der Waals surface area contributed by atoms with E-state index in [1.165, 1.54) is 60.4 Å². The molecule has 8 nitrogen and oxygen atoms in total. The predicted octanol–water partition coefficient (Wildman–Crippen LogP) is 5.15. The maximum Gasteiger partial charge on any atom is 0.341 e. The Labute approximate surface area is 231 Å². The van der Waals surface area contributed by atoms with Gasteiger partial charge in [0.05, 0.1) is 17.6 Å². The molecule has 0 saturated heterocycles. The second-order valence-corrected chi connectivity index (χ2v) is 11.9. The number of sulfonamides is 1. The molecule has 0 unspecified atom stereocenters. The minimum Gasteiger partial charge on any atom is -0.465 e. The highest BCUT2D eigenvalue weighted by Gasteiger charge is 2.29. The third kappa shape index (κ3) is 6.03. The Morgan fingerprint density at radius 1 is 0.949 bits per heavy atom. The number of methoxy groups -OCH3 is 1. The van der Waals surface area contributed by atoms with Crippen LogP contribution in [0.2, 0.25) is 0 Å². The molecule has 2 heterocycles. The number of thiophene rings is 1. The number of amides is 1. The van der Waals surface area contributed by atoms with Crippen molar-refractivity contribution in [1.82, 2.24) is 4.90 Å². The Hall–Kier alpha value is -3.99. The molecule has 0 atom stereocenters. The van der Waals surface area contributed by atoms with Gasteiger partial charge >= 0.3 is 5.97 Å². The molecule has 1 amide bonds. The van der Waals surface area contributed by atoms with Crippen LogP contribution in [0.4, 0.5) is 10.7 Å². The van der Waals surface area contributed by atoms with Gasteiger partial charge in [-0.2, -0.15) is 0 Å². The number of esters is 1. The first kappa shape index (κ1) is 26.6. The van der Waals surface area contributed by atoms with Gasteiger partial charge in [0.1, 0.15) is 5.00 Å². The van der Waals surface area contributed by atoms with E-state index in [1.54, 1.807) is 18.2 Å². The number of hydrogen-bond donors (Lipinski definition) is 2. The van der Waals surface area contributed by atoms with Crippen molar-refractivity contribution in [2.75, 3.05) is 23.7 Å². The van der Waals surface area contributed by atoms with Gasteiger partial charge in [0.2, 0.25) is 0 Å². The van der Waals surface area contributed by atoms with Gasteiger partial charge in [-0.25, -0.2) is 13.2 Å². The Morgan fingerprint density at radius 3 is 2.28 bits per heavy atom. The molecule has 1 aliphatic rings. The van der Waals surface area contributed by atoms with Gasteiger partial charge in [0.25, 0.3) is 15.9 Å². The number of fused-ring (bicyclic) bond motifs is 1. The van der Waals surface area contributed by atoms with E-state index in [-0.39, 0.29) is 4.90 Å². The average Bonchev–Trinajstić information content (AvgIpc) is 3.30. The first-order valence-electron chi connectivity index (χ1n) is 12.3. The molecule has 0 bridgehead atoms. The van der Waals surface area contributed by atoms with Crippen molar-refractivity contribution in [3.63, 3.8) is 0 Å². The Morgan fingerprint density at radius 2 is 1.62 bits per heavy atom. The lowest BCUT2D eigenvalue weighted by Gasteiger charge is -2.27. The highest BCUT2D eigenvalue weighted by Crippen LogP contribution is 2.38. The summed E-state index contributed by atoms with van der Waals surface area (Å²) in [6.07, 6.45) is 0.676. The van der Waals surface area contributed by atoms with E-state index in [1.807, 2.05) is 18.2 Å². The third-order valence-electron chi connectivity index (χ3n) is 6.45. The smallest absolute Gasteiger partial charge is 0.341 e. The zero-order valence-corrected chi connectivity index (χ0v) is 22.8. The van der Waals surface area contributed by atoms with Crippen molar-refractivity contribution >= 4 is 43.9 Å². The van der Waals surface area contributed by atoms with Crippen molar-refractivity contribution in [2.45, 2.75) is 24.4 Å². The number of nitrogens with one attached hydrogen (secondary N) is 2. The SMILES string of the molecule is COC(=O)c1c(NC(=O)c2ccc(NS(=O)(=O)c3ccccc3)cc2)sc2c1CCN(Cc1ccccc1)C2. The van der Waals surface area contributed by atoms with Gasteiger partial charge in [-0.15, -0.1) is 11.3 Å². The normalized spacial score (nSPS) is 13.4.